The third kappa shape index (κ3) is 8.65. The molecule has 0 amide bonds. The number of para-hydroxylation sites is 2. The Labute approximate surface area is 361 Å². The largest absolute Gasteiger partial charge is 0.330 e. The molecule has 0 saturated carbocycles. The van der Waals surface area contributed by atoms with E-state index >= 15 is 0 Å². The molecule has 0 bridgehead atoms. The lowest BCUT2D eigenvalue weighted by molar-refractivity contribution is 0.223. The van der Waals surface area contributed by atoms with Crippen molar-refractivity contribution in [3.05, 3.63) is 204 Å². The van der Waals surface area contributed by atoms with Gasteiger partial charge in [0.15, 0.2) is 0 Å². The zero-order valence-electron chi connectivity index (χ0n) is 37.6. The summed E-state index contributed by atoms with van der Waals surface area (Å²) in [5.74, 6) is 0. The van der Waals surface area contributed by atoms with Crippen molar-refractivity contribution in [1.29, 1.82) is 0 Å². The molecule has 1 heterocycles. The van der Waals surface area contributed by atoms with Crippen LogP contribution in [-0.4, -0.2) is 23.2 Å². The van der Waals surface area contributed by atoms with E-state index < -0.39 is 0 Å². The van der Waals surface area contributed by atoms with E-state index in [4.69, 9.17) is 0 Å². The molecular formula is C57H65N3. The monoisotopic (exact) mass is 792 g/mol. The number of hydrogen-bond acceptors (Lipinski definition) is 2. The van der Waals surface area contributed by atoms with Crippen LogP contribution in [0.2, 0.25) is 0 Å². The molecule has 1 atom stereocenters. The van der Waals surface area contributed by atoms with Gasteiger partial charge in [0.25, 0.3) is 0 Å². The first-order valence-corrected chi connectivity index (χ1v) is 21.7. The topological polar surface area (TPSA) is 20.5 Å². The SMILES string of the molecule is C=C/C=C\C.C=CC1=C(/C=C\C)c2c(n(CN(C)C(c3ccccc3N=C)c3ccccc3-c3ccc4c(c3)C(C)(C)c3ccccc3-4)c3ccccc23)CC1.CC.CC. The van der Waals surface area contributed by atoms with Gasteiger partial charge in [-0.25, -0.2) is 0 Å². The molecule has 0 saturated heterocycles. The number of fused-ring (bicyclic) bond motifs is 6. The summed E-state index contributed by atoms with van der Waals surface area (Å²) in [6.45, 7) is 29.1. The second-order valence-corrected chi connectivity index (χ2v) is 15.2. The van der Waals surface area contributed by atoms with E-state index in [1.54, 1.807) is 6.08 Å². The van der Waals surface area contributed by atoms with Crippen LogP contribution in [0, 0.1) is 0 Å². The first kappa shape index (κ1) is 45.1. The van der Waals surface area contributed by atoms with Crippen LogP contribution in [0.15, 0.2) is 175 Å². The molecule has 0 N–H and O–H groups in total. The first-order chi connectivity index (χ1) is 29.3. The van der Waals surface area contributed by atoms with E-state index in [1.165, 1.54) is 72.3 Å². The van der Waals surface area contributed by atoms with Crippen molar-refractivity contribution in [1.82, 2.24) is 9.47 Å². The number of aromatic nitrogens is 1. The van der Waals surface area contributed by atoms with Gasteiger partial charge in [-0.2, -0.15) is 0 Å². The Morgan fingerprint density at radius 1 is 0.733 bits per heavy atom. The van der Waals surface area contributed by atoms with E-state index in [9.17, 15) is 0 Å². The summed E-state index contributed by atoms with van der Waals surface area (Å²) in [7, 11) is 2.26. The minimum absolute atomic E-state index is 0.0767. The van der Waals surface area contributed by atoms with Gasteiger partial charge in [0.1, 0.15) is 0 Å². The fourth-order valence-corrected chi connectivity index (χ4v) is 9.01. The minimum Gasteiger partial charge on any atom is -0.330 e. The van der Waals surface area contributed by atoms with Gasteiger partial charge in [-0.15, -0.1) is 0 Å². The molecule has 2 aliphatic rings. The quantitative estimate of drug-likeness (QED) is 0.1000. The molecule has 60 heavy (non-hydrogen) atoms. The zero-order chi connectivity index (χ0) is 43.4. The van der Waals surface area contributed by atoms with Crippen molar-refractivity contribution in [3.63, 3.8) is 0 Å². The Kier molecular flexibility index (Phi) is 15.6. The molecule has 5 aromatic carbocycles. The summed E-state index contributed by atoms with van der Waals surface area (Å²) in [6, 6.07) is 42.1. The van der Waals surface area contributed by atoms with Gasteiger partial charge in [0, 0.05) is 27.6 Å². The van der Waals surface area contributed by atoms with Crippen LogP contribution in [0.5, 0.6) is 0 Å². The molecule has 3 nitrogen and oxygen atoms in total. The minimum atomic E-state index is -0.0870. The summed E-state index contributed by atoms with van der Waals surface area (Å²) in [5.41, 5.74) is 17.7. The van der Waals surface area contributed by atoms with Crippen molar-refractivity contribution < 1.29 is 0 Å². The first-order valence-electron chi connectivity index (χ1n) is 21.7. The molecule has 3 heteroatoms. The maximum atomic E-state index is 4.55. The van der Waals surface area contributed by atoms with Crippen LogP contribution in [0.4, 0.5) is 5.69 Å². The predicted octanol–water partition coefficient (Wildman–Crippen LogP) is 15.9. The second-order valence-electron chi connectivity index (χ2n) is 15.2. The average Bonchev–Trinajstić information content (AvgIpc) is 3.73. The highest BCUT2D eigenvalue weighted by Gasteiger charge is 2.36. The van der Waals surface area contributed by atoms with Crippen LogP contribution in [0.1, 0.15) is 101 Å². The third-order valence-electron chi connectivity index (χ3n) is 11.6. The number of hydrogen-bond donors (Lipinski definition) is 0. The molecule has 8 rings (SSSR count). The molecule has 6 aromatic rings. The molecule has 308 valence electrons. The summed E-state index contributed by atoms with van der Waals surface area (Å²) < 4.78 is 2.54. The summed E-state index contributed by atoms with van der Waals surface area (Å²) in [4.78, 5) is 7.04. The number of allylic oxidation sites excluding steroid dienone is 8. The number of nitrogens with zero attached hydrogens (tertiary/aromatic N) is 3. The molecule has 2 aliphatic carbocycles. The van der Waals surface area contributed by atoms with Crippen molar-refractivity contribution >= 4 is 28.9 Å². The molecule has 1 unspecified atom stereocenters. The summed E-state index contributed by atoms with van der Waals surface area (Å²) in [5, 5.41) is 1.29. The fraction of sp³-hybridized carbons (Fsp3) is 0.246. The maximum absolute atomic E-state index is 4.55. The van der Waals surface area contributed by atoms with E-state index in [0.29, 0.717) is 6.67 Å². The third-order valence-corrected chi connectivity index (χ3v) is 11.6. The molecular weight excluding hydrogens is 727 g/mol. The van der Waals surface area contributed by atoms with Crippen molar-refractivity contribution in [2.45, 2.75) is 86.4 Å². The molecule has 0 aliphatic heterocycles. The van der Waals surface area contributed by atoms with Crippen molar-refractivity contribution in [3.8, 4) is 22.3 Å². The highest BCUT2D eigenvalue weighted by molar-refractivity contribution is 5.99. The fourth-order valence-electron chi connectivity index (χ4n) is 9.01. The van der Waals surface area contributed by atoms with Crippen LogP contribution in [0.25, 0.3) is 38.7 Å². The maximum Gasteiger partial charge on any atom is 0.0759 e. The second kappa shape index (κ2) is 20.8. The van der Waals surface area contributed by atoms with Gasteiger partial charge >= 0.3 is 0 Å². The van der Waals surface area contributed by atoms with Crippen LogP contribution in [-0.2, 0) is 18.5 Å². The van der Waals surface area contributed by atoms with E-state index in [2.05, 4.69) is 190 Å². The number of rotatable bonds is 10. The standard InChI is InChI=1S/C48H45N3.C5H8.2C2H6/c1-7-17-35-32(8-2)27-29-45-46(35)40-22-13-16-25-44(40)51(45)31-50(6)47(39-21-12-15-24-43(39)49-5)38-20-10-9-18-34(38)33-26-28-37-36-19-11-14-23-41(36)48(3,4)42(37)30-33;1-3-5-4-2;2*1-2/h7-26,28,30,47H,2,5,27,29,31H2,1,3-4,6H3;3-5H,1H2,2H3;2*1-2H3/b17-7-;5-4-;;. The Bertz CT molecular complexity index is 2530. The lowest BCUT2D eigenvalue weighted by Crippen LogP contribution is -2.29. The zero-order valence-corrected chi connectivity index (χ0v) is 37.6. The van der Waals surface area contributed by atoms with Crippen LogP contribution < -0.4 is 0 Å². The predicted molar refractivity (Wildman–Crippen MR) is 265 cm³/mol. The smallest absolute Gasteiger partial charge is 0.0759 e. The van der Waals surface area contributed by atoms with Gasteiger partial charge in [-0.3, -0.25) is 9.89 Å². The van der Waals surface area contributed by atoms with Gasteiger partial charge in [-0.1, -0.05) is 188 Å². The van der Waals surface area contributed by atoms with Gasteiger partial charge in [0.2, 0.25) is 0 Å². The van der Waals surface area contributed by atoms with Gasteiger partial charge in [-0.05, 0) is 114 Å². The van der Waals surface area contributed by atoms with E-state index in [1.807, 2.05) is 52.8 Å². The number of aliphatic imine (C=N–C) groups is 1. The highest BCUT2D eigenvalue weighted by Crippen LogP contribution is 2.50. The molecule has 0 fully saturated rings. The number of benzene rings is 5. The normalized spacial score (nSPS) is 13.9. The molecule has 1 aromatic heterocycles. The van der Waals surface area contributed by atoms with Crippen LogP contribution in [0.3, 0.4) is 0 Å². The van der Waals surface area contributed by atoms with Crippen LogP contribution >= 0.6 is 0 Å². The Morgan fingerprint density at radius 2 is 1.37 bits per heavy atom. The van der Waals surface area contributed by atoms with E-state index in [0.717, 1.165) is 24.1 Å². The van der Waals surface area contributed by atoms with Gasteiger partial charge < -0.3 is 4.57 Å². The average molecular weight is 792 g/mol. The lowest BCUT2D eigenvalue weighted by Gasteiger charge is -2.33. The molecule has 0 spiro atoms. The molecule has 0 radical (unpaired) electrons. The van der Waals surface area contributed by atoms with Crippen molar-refractivity contribution in [2.75, 3.05) is 7.05 Å². The lowest BCUT2D eigenvalue weighted by atomic mass is 9.81. The highest BCUT2D eigenvalue weighted by atomic mass is 15.3. The Balaban J connectivity index is 0.000000699. The van der Waals surface area contributed by atoms with Gasteiger partial charge in [0.05, 0.1) is 18.4 Å². The Morgan fingerprint density at radius 3 is 2.03 bits per heavy atom. The summed E-state index contributed by atoms with van der Waals surface area (Å²) in [6.07, 6.45) is 14.0. The Hall–Kier alpha value is -6.03. The summed E-state index contributed by atoms with van der Waals surface area (Å²) >= 11 is 0. The van der Waals surface area contributed by atoms with E-state index in [-0.39, 0.29) is 11.5 Å². The van der Waals surface area contributed by atoms with Crippen molar-refractivity contribution in [2.24, 2.45) is 4.99 Å².